The first kappa shape index (κ1) is 15.2. The van der Waals surface area contributed by atoms with E-state index in [1.807, 2.05) is 0 Å². The minimum absolute atomic E-state index is 0.0404. The Morgan fingerprint density at radius 1 is 1.47 bits per heavy atom. The van der Waals surface area contributed by atoms with Gasteiger partial charge in [0.2, 0.25) is 0 Å². The summed E-state index contributed by atoms with van der Waals surface area (Å²) in [5, 5.41) is 2.41. The highest BCUT2D eigenvalue weighted by Gasteiger charge is 2.27. The molecule has 6 nitrogen and oxygen atoms in total. The zero-order valence-electron chi connectivity index (χ0n) is 9.83. The van der Waals surface area contributed by atoms with E-state index in [1.54, 1.807) is 0 Å². The summed E-state index contributed by atoms with van der Waals surface area (Å²) < 4.78 is 39.6. The predicted molar refractivity (Wildman–Crippen MR) is 61.3 cm³/mol. The molecular formula is C10H13F3N4O2. The first-order valence-corrected chi connectivity index (χ1v) is 5.27. The zero-order valence-corrected chi connectivity index (χ0v) is 9.83. The van der Waals surface area contributed by atoms with Crippen LogP contribution in [0.2, 0.25) is 0 Å². The number of ether oxygens (including phenoxy) is 1. The fraction of sp³-hybridized carbons (Fsp3) is 0.400. The third-order valence-corrected chi connectivity index (χ3v) is 2.02. The molecule has 0 radical (unpaired) electrons. The molecule has 106 valence electrons. The van der Waals surface area contributed by atoms with Gasteiger partial charge in [-0.05, 0) is 6.07 Å². The van der Waals surface area contributed by atoms with Gasteiger partial charge in [0.15, 0.2) is 0 Å². The van der Waals surface area contributed by atoms with Gasteiger partial charge < -0.3 is 15.5 Å². The van der Waals surface area contributed by atoms with E-state index in [0.29, 0.717) is 5.69 Å². The van der Waals surface area contributed by atoms with Crippen LogP contribution in [0.1, 0.15) is 10.4 Å². The van der Waals surface area contributed by atoms with Crippen molar-refractivity contribution in [3.05, 3.63) is 24.0 Å². The third kappa shape index (κ3) is 5.53. The number of hydrogen-bond donors (Lipinski definition) is 3. The van der Waals surface area contributed by atoms with Gasteiger partial charge in [0, 0.05) is 12.7 Å². The number of nitrogens with zero attached hydrogens (tertiary/aromatic N) is 1. The van der Waals surface area contributed by atoms with Crippen LogP contribution in [0.5, 0.6) is 0 Å². The number of nitrogens with one attached hydrogen (secondary N) is 2. The van der Waals surface area contributed by atoms with Gasteiger partial charge >= 0.3 is 6.18 Å². The van der Waals surface area contributed by atoms with Crippen LogP contribution in [-0.2, 0) is 4.74 Å². The van der Waals surface area contributed by atoms with E-state index >= 15 is 0 Å². The van der Waals surface area contributed by atoms with Gasteiger partial charge in [-0.2, -0.15) is 13.2 Å². The number of amides is 1. The molecule has 0 fully saturated rings. The molecule has 19 heavy (non-hydrogen) atoms. The minimum Gasteiger partial charge on any atom is -0.370 e. The molecule has 0 aliphatic rings. The molecule has 0 aliphatic carbocycles. The van der Waals surface area contributed by atoms with Gasteiger partial charge in [-0.15, -0.1) is 0 Å². The van der Waals surface area contributed by atoms with Crippen molar-refractivity contribution in [3.63, 3.8) is 0 Å². The molecule has 9 heteroatoms. The number of alkyl halides is 3. The molecule has 0 spiro atoms. The van der Waals surface area contributed by atoms with Crippen molar-refractivity contribution in [1.29, 1.82) is 0 Å². The average molecular weight is 278 g/mol. The summed E-state index contributed by atoms with van der Waals surface area (Å²) >= 11 is 0. The molecule has 0 saturated heterocycles. The van der Waals surface area contributed by atoms with Crippen molar-refractivity contribution >= 4 is 11.6 Å². The number of nitrogen functional groups attached to an aromatic ring is 1. The van der Waals surface area contributed by atoms with Crippen molar-refractivity contribution in [2.24, 2.45) is 5.84 Å². The summed E-state index contributed by atoms with van der Waals surface area (Å²) in [7, 11) is 0. The van der Waals surface area contributed by atoms with Crippen LogP contribution in [-0.4, -0.2) is 36.8 Å². The van der Waals surface area contributed by atoms with Crippen LogP contribution in [0.15, 0.2) is 18.5 Å². The summed E-state index contributed by atoms with van der Waals surface area (Å²) in [5.74, 6) is 4.71. The lowest BCUT2D eigenvalue weighted by Gasteiger charge is -2.10. The number of aromatic nitrogens is 1. The fourth-order valence-electron chi connectivity index (χ4n) is 1.23. The van der Waals surface area contributed by atoms with Crippen LogP contribution in [0, 0.1) is 0 Å². The number of carbonyl (C=O) groups excluding carboxylic acids is 1. The smallest absolute Gasteiger partial charge is 0.370 e. The lowest BCUT2D eigenvalue weighted by atomic mass is 10.2. The Hall–Kier alpha value is -1.87. The summed E-state index contributed by atoms with van der Waals surface area (Å²) in [6.07, 6.45) is -1.61. The largest absolute Gasteiger partial charge is 0.411 e. The molecule has 1 amide bonds. The Bertz CT molecular complexity index is 425. The predicted octanol–water partition coefficient (Wildman–Crippen LogP) is 0.676. The van der Waals surface area contributed by atoms with Crippen LogP contribution < -0.4 is 16.6 Å². The number of halogens is 3. The number of nitrogens with two attached hydrogens (primary N) is 1. The third-order valence-electron chi connectivity index (χ3n) is 2.02. The monoisotopic (exact) mass is 278 g/mol. The fourth-order valence-corrected chi connectivity index (χ4v) is 1.23. The first-order chi connectivity index (χ1) is 8.94. The molecule has 0 aliphatic heterocycles. The molecule has 0 atom stereocenters. The maximum atomic E-state index is 11.8. The topological polar surface area (TPSA) is 89.3 Å². The second-order valence-corrected chi connectivity index (χ2v) is 3.49. The van der Waals surface area contributed by atoms with Gasteiger partial charge in [0.05, 0.1) is 24.1 Å². The molecule has 1 aromatic rings. The van der Waals surface area contributed by atoms with Gasteiger partial charge in [-0.25, -0.2) is 0 Å². The highest BCUT2D eigenvalue weighted by Crippen LogP contribution is 2.14. The second-order valence-electron chi connectivity index (χ2n) is 3.49. The van der Waals surface area contributed by atoms with Crippen LogP contribution in [0.3, 0.4) is 0 Å². The van der Waals surface area contributed by atoms with E-state index < -0.39 is 18.7 Å². The number of hydrogen-bond acceptors (Lipinski definition) is 5. The average Bonchev–Trinajstić information content (AvgIpc) is 2.36. The highest BCUT2D eigenvalue weighted by molar-refractivity contribution is 5.99. The number of hydrazine groups is 1. The van der Waals surface area contributed by atoms with E-state index in [0.717, 1.165) is 0 Å². The number of rotatable bonds is 6. The SMILES string of the molecule is NNc1cnccc1C(=O)NCCOCC(F)(F)F. The molecule has 1 aromatic heterocycles. The van der Waals surface area contributed by atoms with Crippen molar-refractivity contribution in [1.82, 2.24) is 10.3 Å². The minimum atomic E-state index is -4.37. The van der Waals surface area contributed by atoms with Crippen molar-refractivity contribution in [2.45, 2.75) is 6.18 Å². The zero-order chi connectivity index (χ0) is 14.3. The molecular weight excluding hydrogens is 265 g/mol. The van der Waals surface area contributed by atoms with Crippen molar-refractivity contribution < 1.29 is 22.7 Å². The lowest BCUT2D eigenvalue weighted by Crippen LogP contribution is -2.29. The van der Waals surface area contributed by atoms with Gasteiger partial charge in [0.25, 0.3) is 5.91 Å². The van der Waals surface area contributed by atoms with E-state index in [9.17, 15) is 18.0 Å². The molecule has 0 saturated carbocycles. The molecule has 0 aromatic carbocycles. The Balaban J connectivity index is 2.35. The van der Waals surface area contributed by atoms with Gasteiger partial charge in [-0.3, -0.25) is 15.6 Å². The van der Waals surface area contributed by atoms with Crippen LogP contribution in [0.4, 0.5) is 18.9 Å². The second kappa shape index (κ2) is 6.90. The Labute approximate surface area is 107 Å². The highest BCUT2D eigenvalue weighted by atomic mass is 19.4. The maximum Gasteiger partial charge on any atom is 0.411 e. The Morgan fingerprint density at radius 2 is 2.21 bits per heavy atom. The lowest BCUT2D eigenvalue weighted by molar-refractivity contribution is -0.173. The standard InChI is InChI=1S/C10H13F3N4O2/c11-10(12,13)6-19-4-3-16-9(18)7-1-2-15-5-8(7)17-14/h1-2,5,17H,3-4,6,14H2,(H,16,18). The number of pyridine rings is 1. The molecule has 1 rings (SSSR count). The van der Waals surface area contributed by atoms with Crippen LogP contribution >= 0.6 is 0 Å². The summed E-state index contributed by atoms with van der Waals surface area (Å²) in [6.45, 7) is -1.61. The quantitative estimate of drug-likeness (QED) is 0.404. The Kier molecular flexibility index (Phi) is 5.52. The normalized spacial score (nSPS) is 11.2. The van der Waals surface area contributed by atoms with E-state index in [-0.39, 0.29) is 18.7 Å². The van der Waals surface area contributed by atoms with E-state index in [1.165, 1.54) is 18.5 Å². The maximum absolute atomic E-state index is 11.8. The Morgan fingerprint density at radius 3 is 2.84 bits per heavy atom. The van der Waals surface area contributed by atoms with Crippen molar-refractivity contribution in [2.75, 3.05) is 25.2 Å². The summed E-state index contributed by atoms with van der Waals surface area (Å²) in [5.41, 5.74) is 2.85. The molecule has 0 bridgehead atoms. The van der Waals surface area contributed by atoms with E-state index in [2.05, 4.69) is 20.5 Å². The number of carbonyl (C=O) groups is 1. The molecule has 0 unspecified atom stereocenters. The summed E-state index contributed by atoms with van der Waals surface area (Å²) in [4.78, 5) is 15.4. The van der Waals surface area contributed by atoms with Gasteiger partial charge in [-0.1, -0.05) is 0 Å². The van der Waals surface area contributed by atoms with E-state index in [4.69, 9.17) is 5.84 Å². The summed E-state index contributed by atoms with van der Waals surface area (Å²) in [6, 6.07) is 1.43. The van der Waals surface area contributed by atoms with Crippen LogP contribution in [0.25, 0.3) is 0 Å². The molecule has 4 N–H and O–H groups in total. The first-order valence-electron chi connectivity index (χ1n) is 5.27. The van der Waals surface area contributed by atoms with Gasteiger partial charge in [0.1, 0.15) is 6.61 Å². The van der Waals surface area contributed by atoms with Crippen molar-refractivity contribution in [3.8, 4) is 0 Å². The number of anilines is 1. The molecule has 1 heterocycles.